The molecule has 1 heterocycles. The third kappa shape index (κ3) is 4.10. The van der Waals surface area contributed by atoms with E-state index in [1.165, 1.54) is 44.8 Å². The van der Waals surface area contributed by atoms with Gasteiger partial charge in [0, 0.05) is 47.6 Å². The summed E-state index contributed by atoms with van der Waals surface area (Å²) in [5, 5.41) is 20.9. The first-order chi connectivity index (χ1) is 15.3. The van der Waals surface area contributed by atoms with E-state index >= 15 is 0 Å². The van der Waals surface area contributed by atoms with Crippen molar-refractivity contribution in [3.05, 3.63) is 76.6 Å². The topological polar surface area (TPSA) is 137 Å². The number of hydrogen-bond donors (Lipinski definition) is 5. The van der Waals surface area contributed by atoms with E-state index < -0.39 is 23.1 Å². The number of amides is 1. The van der Waals surface area contributed by atoms with Crippen molar-refractivity contribution in [3.8, 4) is 5.75 Å². The molecule has 0 atom stereocenters. The molecule has 2 aromatic carbocycles. The number of ether oxygens (including phenoxy) is 1. The molecule has 0 unspecified atom stereocenters. The fourth-order valence-electron chi connectivity index (χ4n) is 3.13. The highest BCUT2D eigenvalue weighted by Crippen LogP contribution is 2.27. The Morgan fingerprint density at radius 3 is 2.62 bits per heavy atom. The lowest BCUT2D eigenvalue weighted by molar-refractivity contribution is 0.101. The minimum absolute atomic E-state index is 0.0136. The lowest BCUT2D eigenvalue weighted by atomic mass is 10.00. The van der Waals surface area contributed by atoms with E-state index in [4.69, 9.17) is 21.3 Å². The van der Waals surface area contributed by atoms with Gasteiger partial charge < -0.3 is 26.5 Å². The highest BCUT2D eigenvalue weighted by atomic mass is 19.1. The standard InChI is InChI=1S/C22H20F2N6O2/c1-28-17-8-15(23)19(20(24)14(17)9-25)22(31)30-11-3-4-16(26)13(7-11)21(27)12-5-6-29-10-18(12)32-2/h3-10,25,27-28H,26H2,1-2H3,(H,30,31). The Morgan fingerprint density at radius 2 is 1.97 bits per heavy atom. The van der Waals surface area contributed by atoms with Gasteiger partial charge >= 0.3 is 0 Å². The number of pyridine rings is 1. The number of aromatic nitrogens is 1. The third-order valence-corrected chi connectivity index (χ3v) is 4.75. The van der Waals surface area contributed by atoms with Gasteiger partial charge in [-0.1, -0.05) is 0 Å². The van der Waals surface area contributed by atoms with Crippen LogP contribution in [0, 0.1) is 22.5 Å². The summed E-state index contributed by atoms with van der Waals surface area (Å²) in [5.41, 5.74) is 6.13. The summed E-state index contributed by atoms with van der Waals surface area (Å²) in [4.78, 5) is 16.6. The van der Waals surface area contributed by atoms with Gasteiger partial charge in [-0.15, -0.1) is 0 Å². The van der Waals surface area contributed by atoms with E-state index in [-0.39, 0.29) is 33.9 Å². The molecule has 3 rings (SSSR count). The molecule has 164 valence electrons. The number of hydrogen-bond acceptors (Lipinski definition) is 7. The first-order valence-electron chi connectivity index (χ1n) is 9.30. The van der Waals surface area contributed by atoms with E-state index in [1.54, 1.807) is 6.07 Å². The Morgan fingerprint density at radius 1 is 1.22 bits per heavy atom. The highest BCUT2D eigenvalue weighted by molar-refractivity contribution is 6.16. The van der Waals surface area contributed by atoms with Crippen molar-refractivity contribution in [2.45, 2.75) is 0 Å². The zero-order chi connectivity index (χ0) is 23.4. The summed E-state index contributed by atoms with van der Waals surface area (Å²) in [6.45, 7) is 0. The van der Waals surface area contributed by atoms with Crippen molar-refractivity contribution in [3.63, 3.8) is 0 Å². The normalized spacial score (nSPS) is 10.4. The molecule has 0 aliphatic rings. The number of methoxy groups -OCH3 is 1. The fourth-order valence-corrected chi connectivity index (χ4v) is 3.13. The van der Waals surface area contributed by atoms with Gasteiger partial charge in [-0.3, -0.25) is 15.2 Å². The van der Waals surface area contributed by atoms with Gasteiger partial charge in [-0.2, -0.15) is 0 Å². The number of anilines is 3. The summed E-state index contributed by atoms with van der Waals surface area (Å²) < 4.78 is 34.4. The molecule has 1 aromatic heterocycles. The monoisotopic (exact) mass is 438 g/mol. The van der Waals surface area contributed by atoms with Crippen LogP contribution in [0.2, 0.25) is 0 Å². The Bertz CT molecular complexity index is 1230. The molecule has 0 saturated carbocycles. The van der Waals surface area contributed by atoms with Crippen LogP contribution >= 0.6 is 0 Å². The Balaban J connectivity index is 1.97. The van der Waals surface area contributed by atoms with Gasteiger partial charge in [0.1, 0.15) is 22.9 Å². The first-order valence-corrected chi connectivity index (χ1v) is 9.30. The predicted octanol–water partition coefficient (Wildman–Crippen LogP) is 3.66. The number of halogens is 2. The lowest BCUT2D eigenvalue weighted by Crippen LogP contribution is -2.18. The number of benzene rings is 2. The van der Waals surface area contributed by atoms with Gasteiger partial charge in [-0.05, 0) is 30.3 Å². The average molecular weight is 438 g/mol. The summed E-state index contributed by atoms with van der Waals surface area (Å²) in [5.74, 6) is -2.93. The molecular formula is C22H20F2N6O2. The molecular weight excluding hydrogens is 418 g/mol. The van der Waals surface area contributed by atoms with Crippen molar-refractivity contribution in [1.29, 1.82) is 10.8 Å². The van der Waals surface area contributed by atoms with Crippen molar-refractivity contribution in [1.82, 2.24) is 4.98 Å². The van der Waals surface area contributed by atoms with Crippen LogP contribution in [-0.4, -0.2) is 37.0 Å². The quantitative estimate of drug-likeness (QED) is 0.283. The van der Waals surface area contributed by atoms with Crippen molar-refractivity contribution in [2.24, 2.45) is 0 Å². The van der Waals surface area contributed by atoms with E-state index in [1.807, 2.05) is 0 Å². The number of carbonyl (C=O) groups is 1. The number of nitrogen functional groups attached to an aromatic ring is 1. The van der Waals surface area contributed by atoms with Gasteiger partial charge in [0.05, 0.1) is 24.6 Å². The summed E-state index contributed by atoms with van der Waals surface area (Å²) >= 11 is 0. The Hall–Kier alpha value is -4.34. The molecule has 32 heavy (non-hydrogen) atoms. The fraction of sp³-hybridized carbons (Fsp3) is 0.0909. The van der Waals surface area contributed by atoms with E-state index in [0.29, 0.717) is 17.5 Å². The van der Waals surface area contributed by atoms with Crippen molar-refractivity contribution < 1.29 is 18.3 Å². The van der Waals surface area contributed by atoms with Crippen LogP contribution in [0.25, 0.3) is 0 Å². The van der Waals surface area contributed by atoms with Gasteiger partial charge in [-0.25, -0.2) is 8.78 Å². The minimum Gasteiger partial charge on any atom is -0.494 e. The maximum atomic E-state index is 14.7. The van der Waals surface area contributed by atoms with Crippen molar-refractivity contribution in [2.75, 3.05) is 30.5 Å². The molecule has 0 spiro atoms. The van der Waals surface area contributed by atoms with Gasteiger partial charge in [0.25, 0.3) is 5.91 Å². The van der Waals surface area contributed by atoms with Crippen molar-refractivity contribution >= 4 is 34.9 Å². The van der Waals surface area contributed by atoms with E-state index in [0.717, 1.165) is 6.07 Å². The van der Waals surface area contributed by atoms with Gasteiger partial charge in [0.15, 0.2) is 0 Å². The maximum Gasteiger partial charge on any atom is 0.261 e. The van der Waals surface area contributed by atoms with Crippen LogP contribution in [0.4, 0.5) is 25.8 Å². The second-order valence-corrected chi connectivity index (χ2v) is 6.61. The molecule has 10 heteroatoms. The van der Waals surface area contributed by atoms with E-state index in [2.05, 4.69) is 15.6 Å². The molecule has 0 radical (unpaired) electrons. The van der Waals surface area contributed by atoms with Gasteiger partial charge in [0.2, 0.25) is 0 Å². The minimum atomic E-state index is -1.16. The number of nitrogens with one attached hydrogen (secondary N) is 4. The maximum absolute atomic E-state index is 14.7. The number of nitrogens with zero attached hydrogens (tertiary/aromatic N) is 1. The average Bonchev–Trinajstić information content (AvgIpc) is 2.79. The van der Waals surface area contributed by atoms with Crippen LogP contribution in [0.15, 0.2) is 42.7 Å². The largest absolute Gasteiger partial charge is 0.494 e. The molecule has 3 aromatic rings. The van der Waals surface area contributed by atoms with Crippen LogP contribution in [0.5, 0.6) is 5.75 Å². The Labute approximate surface area is 182 Å². The Kier molecular flexibility index (Phi) is 6.43. The molecule has 0 aliphatic carbocycles. The molecule has 0 fully saturated rings. The van der Waals surface area contributed by atoms with E-state index in [9.17, 15) is 13.6 Å². The molecule has 0 saturated heterocycles. The summed E-state index contributed by atoms with van der Waals surface area (Å²) in [6, 6.07) is 6.86. The number of carbonyl (C=O) groups excluding carboxylic acids is 1. The summed E-state index contributed by atoms with van der Waals surface area (Å²) in [7, 11) is 2.89. The highest BCUT2D eigenvalue weighted by Gasteiger charge is 2.23. The van der Waals surface area contributed by atoms with Crippen LogP contribution in [-0.2, 0) is 0 Å². The second kappa shape index (κ2) is 9.21. The number of nitrogens with two attached hydrogens (primary N) is 1. The molecule has 0 bridgehead atoms. The number of rotatable bonds is 7. The zero-order valence-corrected chi connectivity index (χ0v) is 17.2. The molecule has 8 nitrogen and oxygen atoms in total. The molecule has 6 N–H and O–H groups in total. The predicted molar refractivity (Wildman–Crippen MR) is 119 cm³/mol. The second-order valence-electron chi connectivity index (χ2n) is 6.61. The SMILES string of the molecule is CNc1cc(F)c(C(=O)Nc2ccc(N)c(C(=N)c3ccncc3OC)c2)c(F)c1C=N. The van der Waals surface area contributed by atoms with Crippen LogP contribution in [0.1, 0.15) is 27.0 Å². The summed E-state index contributed by atoms with van der Waals surface area (Å²) in [6.07, 6.45) is 3.64. The first kappa shape index (κ1) is 22.3. The molecule has 1 amide bonds. The molecule has 0 aliphatic heterocycles. The third-order valence-electron chi connectivity index (χ3n) is 4.75. The van der Waals surface area contributed by atoms with Crippen LogP contribution in [0.3, 0.4) is 0 Å². The van der Waals surface area contributed by atoms with Crippen LogP contribution < -0.4 is 21.1 Å². The lowest BCUT2D eigenvalue weighted by Gasteiger charge is -2.14. The zero-order valence-electron chi connectivity index (χ0n) is 17.2. The smallest absolute Gasteiger partial charge is 0.261 e.